The Morgan fingerprint density at radius 2 is 1.88 bits per heavy atom. The molecule has 6 heteroatoms. The molecular weight excluding hydrogens is 404 g/mol. The van der Waals surface area contributed by atoms with Crippen molar-refractivity contribution in [3.8, 4) is 5.75 Å². The van der Waals surface area contributed by atoms with Crippen molar-refractivity contribution in [1.29, 1.82) is 0 Å². The molecule has 6 nitrogen and oxygen atoms in total. The highest BCUT2D eigenvalue weighted by Gasteiger charge is 2.52. The zero-order chi connectivity index (χ0) is 22.6. The number of nitrogens with one attached hydrogen (secondary N) is 1. The molecule has 0 aromatic heterocycles. The summed E-state index contributed by atoms with van der Waals surface area (Å²) in [5.41, 5.74) is 1.43. The number of rotatable bonds is 7. The number of methoxy groups -OCH3 is 1. The van der Waals surface area contributed by atoms with Gasteiger partial charge in [-0.1, -0.05) is 30.3 Å². The lowest BCUT2D eigenvalue weighted by atomic mass is 9.88. The lowest BCUT2D eigenvalue weighted by Gasteiger charge is -2.35. The summed E-state index contributed by atoms with van der Waals surface area (Å²) in [6.07, 6.45) is 3.66. The lowest BCUT2D eigenvalue weighted by Crippen LogP contribution is -2.54. The van der Waals surface area contributed by atoms with E-state index in [1.807, 2.05) is 47.4 Å². The summed E-state index contributed by atoms with van der Waals surface area (Å²) in [7, 11) is 1.64. The van der Waals surface area contributed by atoms with E-state index in [0.29, 0.717) is 30.9 Å². The third kappa shape index (κ3) is 4.80. The molecule has 1 N–H and O–H groups in total. The molecule has 0 radical (unpaired) electrons. The SMILES string of the molecule is COCCOc1ccc(C(=O)N2[C@H](Cc3ccccc3)C[C@]3(C)NC(=O)CCC[C@H]23)cc1. The Bertz CT molecular complexity index is 931. The Hall–Kier alpha value is -2.86. The normalized spacial score (nSPS) is 25.1. The van der Waals surface area contributed by atoms with E-state index in [0.717, 1.165) is 25.7 Å². The maximum absolute atomic E-state index is 13.8. The first-order chi connectivity index (χ1) is 15.5. The van der Waals surface area contributed by atoms with E-state index in [1.54, 1.807) is 7.11 Å². The second-order valence-corrected chi connectivity index (χ2v) is 9.00. The van der Waals surface area contributed by atoms with E-state index >= 15 is 0 Å². The molecule has 0 bridgehead atoms. The average Bonchev–Trinajstić information content (AvgIpc) is 2.95. The van der Waals surface area contributed by atoms with Crippen LogP contribution in [0.2, 0.25) is 0 Å². The van der Waals surface area contributed by atoms with Crippen LogP contribution in [0.15, 0.2) is 54.6 Å². The van der Waals surface area contributed by atoms with Crippen LogP contribution in [0.3, 0.4) is 0 Å². The molecule has 2 aliphatic heterocycles. The van der Waals surface area contributed by atoms with Crippen molar-refractivity contribution in [2.24, 2.45) is 0 Å². The first-order valence-corrected chi connectivity index (χ1v) is 11.4. The molecule has 0 unspecified atom stereocenters. The zero-order valence-electron chi connectivity index (χ0n) is 18.9. The van der Waals surface area contributed by atoms with Gasteiger partial charge < -0.3 is 19.7 Å². The van der Waals surface area contributed by atoms with Gasteiger partial charge in [0.2, 0.25) is 5.91 Å². The molecule has 2 aromatic carbocycles. The van der Waals surface area contributed by atoms with Gasteiger partial charge >= 0.3 is 0 Å². The maximum atomic E-state index is 13.8. The van der Waals surface area contributed by atoms with Crippen molar-refractivity contribution < 1.29 is 19.1 Å². The summed E-state index contributed by atoms with van der Waals surface area (Å²) in [6.45, 7) is 3.08. The first-order valence-electron chi connectivity index (χ1n) is 11.4. The minimum Gasteiger partial charge on any atom is -0.491 e. The Balaban J connectivity index is 1.59. The topological polar surface area (TPSA) is 67.9 Å². The number of nitrogens with zero attached hydrogens (tertiary/aromatic N) is 1. The molecular formula is C26H32N2O4. The van der Waals surface area contributed by atoms with Gasteiger partial charge in [-0.25, -0.2) is 0 Å². The number of carbonyl (C=O) groups is 2. The molecule has 2 aliphatic rings. The van der Waals surface area contributed by atoms with Crippen molar-refractivity contribution >= 4 is 11.8 Å². The molecule has 3 atom stereocenters. The van der Waals surface area contributed by atoms with E-state index in [9.17, 15) is 9.59 Å². The van der Waals surface area contributed by atoms with Crippen molar-refractivity contribution in [3.63, 3.8) is 0 Å². The Kier molecular flexibility index (Phi) is 6.80. The summed E-state index contributed by atoms with van der Waals surface area (Å²) in [4.78, 5) is 28.2. The number of carbonyl (C=O) groups excluding carboxylic acids is 2. The minimum atomic E-state index is -0.411. The van der Waals surface area contributed by atoms with Gasteiger partial charge in [0, 0.05) is 25.1 Å². The monoisotopic (exact) mass is 436 g/mol. The van der Waals surface area contributed by atoms with Crippen molar-refractivity contribution in [2.75, 3.05) is 20.3 Å². The van der Waals surface area contributed by atoms with Crippen LogP contribution in [-0.2, 0) is 16.0 Å². The van der Waals surface area contributed by atoms with Gasteiger partial charge in [-0.15, -0.1) is 0 Å². The van der Waals surface area contributed by atoms with Crippen molar-refractivity contribution in [3.05, 3.63) is 65.7 Å². The summed E-state index contributed by atoms with van der Waals surface area (Å²) < 4.78 is 10.7. The molecule has 2 saturated heterocycles. The zero-order valence-corrected chi connectivity index (χ0v) is 18.9. The second kappa shape index (κ2) is 9.74. The van der Waals surface area contributed by atoms with Gasteiger partial charge in [-0.2, -0.15) is 0 Å². The maximum Gasteiger partial charge on any atom is 0.254 e. The van der Waals surface area contributed by atoms with Crippen LogP contribution in [0.1, 0.15) is 48.5 Å². The molecule has 0 saturated carbocycles. The van der Waals surface area contributed by atoms with Gasteiger partial charge in [-0.3, -0.25) is 9.59 Å². The summed E-state index contributed by atoms with van der Waals surface area (Å²) >= 11 is 0. The molecule has 2 aromatic rings. The third-order valence-corrected chi connectivity index (χ3v) is 6.64. The number of hydrogen-bond donors (Lipinski definition) is 1. The predicted octanol–water partition coefficient (Wildman–Crippen LogP) is 3.60. The largest absolute Gasteiger partial charge is 0.491 e. The predicted molar refractivity (Wildman–Crippen MR) is 123 cm³/mol. The van der Waals surface area contributed by atoms with E-state index in [2.05, 4.69) is 24.4 Å². The minimum absolute atomic E-state index is 0.0132. The summed E-state index contributed by atoms with van der Waals surface area (Å²) in [5, 5.41) is 3.24. The molecule has 32 heavy (non-hydrogen) atoms. The van der Waals surface area contributed by atoms with E-state index < -0.39 is 5.54 Å². The van der Waals surface area contributed by atoms with E-state index in [1.165, 1.54) is 5.56 Å². The highest BCUT2D eigenvalue weighted by atomic mass is 16.5. The molecule has 0 aliphatic carbocycles. The van der Waals surface area contributed by atoms with Crippen LogP contribution in [-0.4, -0.2) is 54.7 Å². The van der Waals surface area contributed by atoms with Gasteiger partial charge in [0.25, 0.3) is 5.91 Å². The highest BCUT2D eigenvalue weighted by Crippen LogP contribution is 2.40. The van der Waals surface area contributed by atoms with Crippen LogP contribution < -0.4 is 10.1 Å². The van der Waals surface area contributed by atoms with Crippen molar-refractivity contribution in [1.82, 2.24) is 10.2 Å². The van der Waals surface area contributed by atoms with Gasteiger partial charge in [-0.05, 0) is 62.4 Å². The first kappa shape index (κ1) is 22.3. The summed E-state index contributed by atoms with van der Waals surface area (Å²) in [6, 6.07) is 17.6. The number of fused-ring (bicyclic) bond motifs is 1. The fraction of sp³-hybridized carbons (Fsp3) is 0.462. The van der Waals surface area contributed by atoms with Gasteiger partial charge in [0.15, 0.2) is 0 Å². The molecule has 2 heterocycles. The van der Waals surface area contributed by atoms with E-state index in [4.69, 9.17) is 9.47 Å². The standard InChI is InChI=1S/C26H32N2O4/c1-26-18-21(17-19-7-4-3-5-8-19)28(23(26)9-6-10-24(29)27-26)25(30)20-11-13-22(14-12-20)32-16-15-31-2/h3-5,7-8,11-14,21,23H,6,9-10,15-18H2,1-2H3,(H,27,29)/t21-,23+,26+/m1/s1. The molecule has 170 valence electrons. The van der Waals surface area contributed by atoms with Crippen LogP contribution in [0.4, 0.5) is 0 Å². The van der Waals surface area contributed by atoms with Gasteiger partial charge in [0.05, 0.1) is 18.2 Å². The number of hydrogen-bond acceptors (Lipinski definition) is 4. The lowest BCUT2D eigenvalue weighted by molar-refractivity contribution is -0.122. The fourth-order valence-corrected chi connectivity index (χ4v) is 5.16. The van der Waals surface area contributed by atoms with E-state index in [-0.39, 0.29) is 23.9 Å². The molecule has 4 rings (SSSR count). The number of benzene rings is 2. The highest BCUT2D eigenvalue weighted by molar-refractivity contribution is 5.95. The molecule has 2 amide bonds. The quantitative estimate of drug-likeness (QED) is 0.674. The second-order valence-electron chi connectivity index (χ2n) is 9.00. The van der Waals surface area contributed by atoms with Crippen LogP contribution in [0.5, 0.6) is 5.75 Å². The van der Waals surface area contributed by atoms with Crippen molar-refractivity contribution in [2.45, 2.75) is 56.7 Å². The number of likely N-dealkylation sites (tertiary alicyclic amines) is 1. The Morgan fingerprint density at radius 3 is 2.59 bits per heavy atom. The molecule has 0 spiro atoms. The number of amides is 2. The number of ether oxygens (including phenoxy) is 2. The average molecular weight is 437 g/mol. The van der Waals surface area contributed by atoms with Gasteiger partial charge in [0.1, 0.15) is 12.4 Å². The Labute approximate surface area is 189 Å². The van der Waals surface area contributed by atoms with Crippen LogP contribution in [0, 0.1) is 0 Å². The van der Waals surface area contributed by atoms with Crippen LogP contribution in [0.25, 0.3) is 0 Å². The smallest absolute Gasteiger partial charge is 0.254 e. The third-order valence-electron chi connectivity index (χ3n) is 6.64. The Morgan fingerprint density at radius 1 is 1.12 bits per heavy atom. The summed E-state index contributed by atoms with van der Waals surface area (Å²) in [5.74, 6) is 0.812. The van der Waals surface area contributed by atoms with Crippen LogP contribution >= 0.6 is 0 Å². The molecule has 2 fully saturated rings. The fourth-order valence-electron chi connectivity index (χ4n) is 5.16.